The summed E-state index contributed by atoms with van der Waals surface area (Å²) in [5, 5.41) is 19.9. The minimum atomic E-state index is -5.08. The van der Waals surface area contributed by atoms with Crippen LogP contribution in [0.15, 0.2) is 12.1 Å². The first-order valence-corrected chi connectivity index (χ1v) is 9.26. The summed E-state index contributed by atoms with van der Waals surface area (Å²) in [6.45, 7) is 2.78. The number of anilines is 2. The summed E-state index contributed by atoms with van der Waals surface area (Å²) < 4.78 is 48.4. The van der Waals surface area contributed by atoms with Gasteiger partial charge in [0.05, 0.1) is 19.9 Å². The number of benzene rings is 1. The van der Waals surface area contributed by atoms with Gasteiger partial charge in [-0.05, 0) is 12.5 Å². The largest absolute Gasteiger partial charge is 0.493 e. The third-order valence-corrected chi connectivity index (χ3v) is 4.33. The van der Waals surface area contributed by atoms with Crippen molar-refractivity contribution in [2.75, 3.05) is 31.8 Å². The summed E-state index contributed by atoms with van der Waals surface area (Å²) in [7, 11) is 3.16. The van der Waals surface area contributed by atoms with Crippen molar-refractivity contribution in [3.63, 3.8) is 0 Å². The number of pyridine rings is 1. The maximum absolute atomic E-state index is 10.6. The number of fused-ring (bicyclic) bond motifs is 2. The monoisotopic (exact) mass is 470 g/mol. The summed E-state index contributed by atoms with van der Waals surface area (Å²) in [5.41, 5.74) is 8.73. The first kappa shape index (κ1) is 27.2. The molecule has 180 valence electrons. The van der Waals surface area contributed by atoms with Crippen LogP contribution in [0.1, 0.15) is 37.5 Å². The number of nitriles is 1. The van der Waals surface area contributed by atoms with Crippen molar-refractivity contribution in [3.8, 4) is 29.2 Å². The smallest absolute Gasteiger partial charge is 0.490 e. The molecule has 0 unspecified atom stereocenters. The van der Waals surface area contributed by atoms with E-state index in [0.717, 1.165) is 24.1 Å². The number of nitrogens with one attached hydrogen (secondary N) is 1. The molecule has 0 aliphatic carbocycles. The van der Waals surface area contributed by atoms with Crippen LogP contribution in [0.4, 0.5) is 24.7 Å². The third-order valence-electron chi connectivity index (χ3n) is 4.33. The Hall–Kier alpha value is -3.88. The van der Waals surface area contributed by atoms with Gasteiger partial charge >= 0.3 is 12.1 Å². The van der Waals surface area contributed by atoms with E-state index < -0.39 is 12.1 Å². The van der Waals surface area contributed by atoms with Gasteiger partial charge in [0, 0.05) is 30.2 Å². The molecule has 9 nitrogen and oxygen atoms in total. The number of hydrogen-bond acceptors (Lipinski definition) is 8. The predicted octanol–water partition coefficient (Wildman–Crippen LogP) is 4.34. The van der Waals surface area contributed by atoms with Gasteiger partial charge in [0.25, 0.3) is 0 Å². The number of rotatable bonds is 5. The highest BCUT2D eigenvalue weighted by Gasteiger charge is 2.38. The first-order chi connectivity index (χ1) is 15.1. The van der Waals surface area contributed by atoms with Crippen LogP contribution in [-0.4, -0.2) is 43.0 Å². The molecule has 0 radical (unpaired) electrons. The number of nitrogens with zero attached hydrogens (tertiary/aromatic N) is 2. The van der Waals surface area contributed by atoms with Gasteiger partial charge < -0.3 is 30.4 Å². The number of carbonyl (C=O) groups is 1. The van der Waals surface area contributed by atoms with Gasteiger partial charge in [-0.25, -0.2) is 4.79 Å². The number of nitrogens with two attached hydrogens (primary N) is 1. The molecule has 3 rings (SSSR count). The number of nitrogen functional groups attached to an aromatic ring is 1. The number of halogens is 3. The average molecular weight is 470 g/mol. The molecule has 2 aromatic rings. The topological polar surface area (TPSA) is 140 Å². The van der Waals surface area contributed by atoms with E-state index in [4.69, 9.17) is 29.8 Å². The van der Waals surface area contributed by atoms with Crippen LogP contribution in [0.3, 0.4) is 0 Å². The van der Waals surface area contributed by atoms with E-state index >= 15 is 0 Å². The Balaban J connectivity index is 0.000000595. The van der Waals surface area contributed by atoms with Crippen molar-refractivity contribution in [1.82, 2.24) is 4.98 Å². The van der Waals surface area contributed by atoms with Gasteiger partial charge in [0.2, 0.25) is 5.88 Å². The molecular formula is C21H25F3N4O5. The van der Waals surface area contributed by atoms with Crippen LogP contribution < -0.4 is 25.3 Å². The Morgan fingerprint density at radius 3 is 2.39 bits per heavy atom. The highest BCUT2D eigenvalue weighted by Crippen LogP contribution is 2.45. The standard InChI is InChI=1S/C18H20N4O3.C2HF3O2.CH4/c1-4-5-21-16-11-6-10-7-14(23-2)15(24-3)8-13(10)25-18(11)22-17(20)12(16)9-19;3-2(4,5)1(6)7;/h7-8H,4-6H2,1-3H3,(H3,20,21,22);(H,6,7);1H4. The lowest BCUT2D eigenvalue weighted by Crippen LogP contribution is -2.21. The number of aromatic nitrogens is 1. The molecule has 0 atom stereocenters. The lowest BCUT2D eigenvalue weighted by molar-refractivity contribution is -0.192. The number of carboxylic acids is 1. The maximum Gasteiger partial charge on any atom is 0.490 e. The van der Waals surface area contributed by atoms with Crippen molar-refractivity contribution in [2.45, 2.75) is 33.4 Å². The Kier molecular flexibility index (Phi) is 9.15. The second kappa shape index (κ2) is 11.1. The fraction of sp³-hybridized carbons (Fsp3) is 0.381. The Morgan fingerprint density at radius 2 is 1.91 bits per heavy atom. The van der Waals surface area contributed by atoms with E-state index in [1.54, 1.807) is 20.3 Å². The van der Waals surface area contributed by atoms with Crippen molar-refractivity contribution in [2.24, 2.45) is 0 Å². The second-order valence-electron chi connectivity index (χ2n) is 6.47. The molecule has 0 fully saturated rings. The van der Waals surface area contributed by atoms with E-state index in [1.165, 1.54) is 0 Å². The molecule has 0 bridgehead atoms. The van der Waals surface area contributed by atoms with Crippen molar-refractivity contribution < 1.29 is 37.3 Å². The Labute approximate surface area is 188 Å². The van der Waals surface area contributed by atoms with E-state index in [-0.39, 0.29) is 13.2 Å². The highest BCUT2D eigenvalue weighted by molar-refractivity contribution is 5.75. The van der Waals surface area contributed by atoms with Crippen LogP contribution in [0.25, 0.3) is 0 Å². The third kappa shape index (κ3) is 6.09. The number of alkyl halides is 3. The Bertz CT molecular complexity index is 1050. The van der Waals surface area contributed by atoms with E-state index in [1.807, 2.05) is 6.07 Å². The average Bonchev–Trinajstić information content (AvgIpc) is 2.74. The summed E-state index contributed by atoms with van der Waals surface area (Å²) in [5.74, 6) is -0.342. The predicted molar refractivity (Wildman–Crippen MR) is 115 cm³/mol. The van der Waals surface area contributed by atoms with Gasteiger partial charge in [-0.3, -0.25) is 0 Å². The molecule has 0 spiro atoms. The number of hydrogen-bond donors (Lipinski definition) is 3. The molecule has 1 aromatic carbocycles. The van der Waals surface area contributed by atoms with Gasteiger partial charge in [-0.2, -0.15) is 23.4 Å². The summed E-state index contributed by atoms with van der Waals surface area (Å²) >= 11 is 0. The molecule has 4 N–H and O–H groups in total. The van der Waals surface area contributed by atoms with Crippen molar-refractivity contribution in [1.29, 1.82) is 5.26 Å². The highest BCUT2D eigenvalue weighted by atomic mass is 19.4. The van der Waals surface area contributed by atoms with E-state index in [9.17, 15) is 18.4 Å². The minimum Gasteiger partial charge on any atom is -0.493 e. The van der Waals surface area contributed by atoms with Gasteiger partial charge in [0.15, 0.2) is 11.5 Å². The van der Waals surface area contributed by atoms with Crippen LogP contribution in [0.5, 0.6) is 23.1 Å². The molecule has 0 saturated carbocycles. The van der Waals surface area contributed by atoms with E-state index in [0.29, 0.717) is 40.8 Å². The molecule has 33 heavy (non-hydrogen) atoms. The SMILES string of the molecule is C.CCCNc1c(C#N)c(N)nc2c1Cc1cc(OC)c(OC)cc1O2.O=C(O)C(F)(F)F. The normalized spacial score (nSPS) is 11.2. The number of carboxylic acid groups (broad SMARTS) is 1. The zero-order chi connectivity index (χ0) is 24.1. The summed E-state index contributed by atoms with van der Waals surface area (Å²) in [6, 6.07) is 5.79. The molecule has 1 aliphatic heterocycles. The van der Waals surface area contributed by atoms with E-state index in [2.05, 4.69) is 23.3 Å². The molecule has 0 saturated heterocycles. The molecule has 1 aromatic heterocycles. The molecule has 2 heterocycles. The summed E-state index contributed by atoms with van der Waals surface area (Å²) in [4.78, 5) is 13.2. The van der Waals surface area contributed by atoms with Crippen molar-refractivity contribution >= 4 is 17.5 Å². The lowest BCUT2D eigenvalue weighted by atomic mass is 9.98. The number of methoxy groups -OCH3 is 2. The van der Waals surface area contributed by atoms with Gasteiger partial charge in [-0.1, -0.05) is 14.4 Å². The molecule has 1 aliphatic rings. The maximum atomic E-state index is 10.6. The van der Waals surface area contributed by atoms with Crippen molar-refractivity contribution in [3.05, 3.63) is 28.8 Å². The fourth-order valence-corrected chi connectivity index (χ4v) is 2.86. The van der Waals surface area contributed by atoms with Gasteiger partial charge in [0.1, 0.15) is 23.2 Å². The second-order valence-corrected chi connectivity index (χ2v) is 6.47. The number of ether oxygens (including phenoxy) is 3. The lowest BCUT2D eigenvalue weighted by Gasteiger charge is -2.24. The quantitative estimate of drug-likeness (QED) is 0.497. The fourth-order valence-electron chi connectivity index (χ4n) is 2.86. The molecule has 0 amide bonds. The van der Waals surface area contributed by atoms with Crippen LogP contribution in [0, 0.1) is 11.3 Å². The minimum absolute atomic E-state index is 0. The number of aliphatic carboxylic acids is 1. The zero-order valence-corrected chi connectivity index (χ0v) is 17.5. The Morgan fingerprint density at radius 1 is 1.33 bits per heavy atom. The van der Waals surface area contributed by atoms with Crippen LogP contribution in [0.2, 0.25) is 0 Å². The van der Waals surface area contributed by atoms with Crippen LogP contribution in [-0.2, 0) is 11.2 Å². The zero-order valence-electron chi connectivity index (χ0n) is 17.5. The van der Waals surface area contributed by atoms with Crippen LogP contribution >= 0.6 is 0 Å². The van der Waals surface area contributed by atoms with Gasteiger partial charge in [-0.15, -0.1) is 0 Å². The summed E-state index contributed by atoms with van der Waals surface area (Å²) in [6.07, 6.45) is -3.61. The molecule has 12 heteroatoms. The first-order valence-electron chi connectivity index (χ1n) is 9.26. The molecular weight excluding hydrogens is 445 g/mol.